The van der Waals surface area contributed by atoms with Gasteiger partial charge in [-0.1, -0.05) is 24.3 Å². The topological polar surface area (TPSA) is 15.7 Å². The molecule has 3 nitrogen and oxygen atoms in total. The first kappa shape index (κ1) is 13.1. The number of benzene rings is 1. The minimum absolute atomic E-state index is 0.866. The van der Waals surface area contributed by atoms with Gasteiger partial charge in [0.2, 0.25) is 0 Å². The zero-order valence-electron chi connectivity index (χ0n) is 11.3. The lowest BCUT2D eigenvalue weighted by molar-refractivity contribution is 0.0435. The lowest BCUT2D eigenvalue weighted by atomic mass is 10.2. The molecule has 1 heterocycles. The van der Waals surface area contributed by atoms with Crippen molar-refractivity contribution in [1.82, 2.24) is 4.90 Å². The smallest absolute Gasteiger partial charge is 0.0594 e. The van der Waals surface area contributed by atoms with Gasteiger partial charge in [0.1, 0.15) is 0 Å². The summed E-state index contributed by atoms with van der Waals surface area (Å²) in [6, 6.07) is 8.61. The van der Waals surface area contributed by atoms with Gasteiger partial charge in [0, 0.05) is 39.4 Å². The van der Waals surface area contributed by atoms with Crippen LogP contribution in [0, 0.1) is 0 Å². The van der Waals surface area contributed by atoms with Crippen LogP contribution in [0.2, 0.25) is 0 Å². The van der Waals surface area contributed by atoms with Crippen molar-refractivity contribution in [3.8, 4) is 0 Å². The van der Waals surface area contributed by atoms with Crippen molar-refractivity contribution in [2.75, 3.05) is 51.8 Å². The molecule has 0 N–H and O–H groups in total. The van der Waals surface area contributed by atoms with Crippen LogP contribution in [0.25, 0.3) is 6.08 Å². The number of anilines is 1. The molecule has 0 unspecified atom stereocenters. The fraction of sp³-hybridized carbons (Fsp3) is 0.467. The van der Waals surface area contributed by atoms with E-state index in [2.05, 4.69) is 60.3 Å². The van der Waals surface area contributed by atoms with E-state index in [1.54, 1.807) is 0 Å². The van der Waals surface area contributed by atoms with Crippen LogP contribution in [0.4, 0.5) is 5.69 Å². The molecular weight excluding hydrogens is 224 g/mol. The highest BCUT2D eigenvalue weighted by molar-refractivity contribution is 5.55. The Hall–Kier alpha value is -1.32. The monoisotopic (exact) mass is 246 g/mol. The Labute approximate surface area is 110 Å². The van der Waals surface area contributed by atoms with Crippen LogP contribution in [0.3, 0.4) is 0 Å². The highest BCUT2D eigenvalue weighted by Gasteiger charge is 2.07. The molecule has 18 heavy (non-hydrogen) atoms. The molecule has 0 radical (unpaired) electrons. The molecule has 3 heteroatoms. The third kappa shape index (κ3) is 3.86. The molecule has 0 aliphatic carbocycles. The summed E-state index contributed by atoms with van der Waals surface area (Å²) >= 11 is 0. The fourth-order valence-corrected chi connectivity index (χ4v) is 2.01. The number of rotatable bonds is 4. The number of morpholine rings is 1. The van der Waals surface area contributed by atoms with Gasteiger partial charge in [0.25, 0.3) is 0 Å². The molecule has 1 saturated heterocycles. The summed E-state index contributed by atoms with van der Waals surface area (Å²) in [4.78, 5) is 4.52. The zero-order valence-corrected chi connectivity index (χ0v) is 11.3. The van der Waals surface area contributed by atoms with Gasteiger partial charge in [-0.3, -0.25) is 4.90 Å². The molecule has 0 bridgehead atoms. The predicted octanol–water partition coefficient (Wildman–Crippen LogP) is 2.10. The van der Waals surface area contributed by atoms with Gasteiger partial charge in [-0.15, -0.1) is 0 Å². The molecule has 98 valence electrons. The number of nitrogens with zero attached hydrogens (tertiary/aromatic N) is 2. The standard InChI is InChI=1S/C15H22N2O/c1-16(2)15-7-5-14(6-8-15)4-3-9-17-10-12-18-13-11-17/h3-8H,9-13H2,1-2H3. The van der Waals surface area contributed by atoms with Crippen molar-refractivity contribution in [3.05, 3.63) is 35.9 Å². The first-order valence-electron chi connectivity index (χ1n) is 6.50. The number of hydrogen-bond donors (Lipinski definition) is 0. The normalized spacial score (nSPS) is 17.2. The van der Waals surface area contributed by atoms with Gasteiger partial charge < -0.3 is 9.64 Å². The third-order valence-corrected chi connectivity index (χ3v) is 3.19. The minimum Gasteiger partial charge on any atom is -0.379 e. The molecule has 0 aromatic heterocycles. The first-order valence-corrected chi connectivity index (χ1v) is 6.50. The van der Waals surface area contributed by atoms with Crippen molar-refractivity contribution in [2.24, 2.45) is 0 Å². The first-order chi connectivity index (χ1) is 8.75. The highest BCUT2D eigenvalue weighted by atomic mass is 16.5. The lowest BCUT2D eigenvalue weighted by Gasteiger charge is -2.25. The van der Waals surface area contributed by atoms with Crippen LogP contribution in [-0.4, -0.2) is 51.8 Å². The molecule has 1 fully saturated rings. The van der Waals surface area contributed by atoms with E-state index in [0.717, 1.165) is 32.8 Å². The molecule has 2 rings (SSSR count). The van der Waals surface area contributed by atoms with Crippen LogP contribution in [0.15, 0.2) is 30.3 Å². The summed E-state index contributed by atoms with van der Waals surface area (Å²) in [5.41, 5.74) is 2.49. The second-order valence-corrected chi connectivity index (χ2v) is 4.80. The fourth-order valence-electron chi connectivity index (χ4n) is 2.01. The Morgan fingerprint density at radius 2 is 1.83 bits per heavy atom. The van der Waals surface area contributed by atoms with E-state index in [-0.39, 0.29) is 0 Å². The maximum Gasteiger partial charge on any atom is 0.0594 e. The summed E-state index contributed by atoms with van der Waals surface area (Å²) in [5, 5.41) is 0. The maximum atomic E-state index is 5.33. The van der Waals surface area contributed by atoms with Crippen LogP contribution in [0.1, 0.15) is 5.56 Å². The lowest BCUT2D eigenvalue weighted by Crippen LogP contribution is -2.36. The molecule has 0 amide bonds. The molecule has 1 aliphatic rings. The van der Waals surface area contributed by atoms with Gasteiger partial charge in [-0.2, -0.15) is 0 Å². The van der Waals surface area contributed by atoms with Crippen molar-refractivity contribution in [2.45, 2.75) is 0 Å². The quantitative estimate of drug-likeness (QED) is 0.809. The second-order valence-electron chi connectivity index (χ2n) is 4.80. The van der Waals surface area contributed by atoms with Crippen molar-refractivity contribution in [1.29, 1.82) is 0 Å². The second kappa shape index (κ2) is 6.57. The average Bonchev–Trinajstić information content (AvgIpc) is 2.40. The van der Waals surface area contributed by atoms with Crippen molar-refractivity contribution < 1.29 is 4.74 Å². The largest absolute Gasteiger partial charge is 0.379 e. The van der Waals surface area contributed by atoms with Crippen LogP contribution in [0.5, 0.6) is 0 Å². The van der Waals surface area contributed by atoms with E-state index in [0.29, 0.717) is 0 Å². The van der Waals surface area contributed by atoms with E-state index in [9.17, 15) is 0 Å². The maximum absolute atomic E-state index is 5.33. The Kier molecular flexibility index (Phi) is 4.79. The van der Waals surface area contributed by atoms with E-state index in [1.165, 1.54) is 11.3 Å². The minimum atomic E-state index is 0.866. The summed E-state index contributed by atoms with van der Waals surface area (Å²) in [5.74, 6) is 0. The summed E-state index contributed by atoms with van der Waals surface area (Å²) < 4.78 is 5.33. The highest BCUT2D eigenvalue weighted by Crippen LogP contribution is 2.13. The molecule has 1 aliphatic heterocycles. The van der Waals surface area contributed by atoms with E-state index in [4.69, 9.17) is 4.74 Å². The molecule has 0 spiro atoms. The Bertz CT molecular complexity index is 378. The summed E-state index contributed by atoms with van der Waals surface area (Å²) in [7, 11) is 4.12. The van der Waals surface area contributed by atoms with Gasteiger partial charge in [-0.25, -0.2) is 0 Å². The number of hydrogen-bond acceptors (Lipinski definition) is 3. The van der Waals surface area contributed by atoms with E-state index in [1.807, 2.05) is 0 Å². The molecule has 1 aromatic rings. The SMILES string of the molecule is CN(C)c1ccc(C=CCN2CCOCC2)cc1. The molecule has 1 aromatic carbocycles. The van der Waals surface area contributed by atoms with Crippen molar-refractivity contribution >= 4 is 11.8 Å². The van der Waals surface area contributed by atoms with Crippen molar-refractivity contribution in [3.63, 3.8) is 0 Å². The predicted molar refractivity (Wildman–Crippen MR) is 77.1 cm³/mol. The van der Waals surface area contributed by atoms with Gasteiger partial charge >= 0.3 is 0 Å². The van der Waals surface area contributed by atoms with Gasteiger partial charge in [0.05, 0.1) is 13.2 Å². The van der Waals surface area contributed by atoms with Gasteiger partial charge in [-0.05, 0) is 17.7 Å². The molecule has 0 saturated carbocycles. The Morgan fingerprint density at radius 3 is 2.44 bits per heavy atom. The van der Waals surface area contributed by atoms with E-state index < -0.39 is 0 Å². The van der Waals surface area contributed by atoms with E-state index >= 15 is 0 Å². The van der Waals surface area contributed by atoms with Gasteiger partial charge in [0.15, 0.2) is 0 Å². The average molecular weight is 246 g/mol. The number of ether oxygens (including phenoxy) is 1. The summed E-state index contributed by atoms with van der Waals surface area (Å²) in [6.45, 7) is 4.84. The van der Waals surface area contributed by atoms with Crippen LogP contribution in [-0.2, 0) is 4.74 Å². The zero-order chi connectivity index (χ0) is 12.8. The Morgan fingerprint density at radius 1 is 1.17 bits per heavy atom. The van der Waals surface area contributed by atoms with Crippen LogP contribution < -0.4 is 4.90 Å². The molecular formula is C15H22N2O. The summed E-state index contributed by atoms with van der Waals surface area (Å²) in [6.07, 6.45) is 4.42. The molecule has 0 atom stereocenters. The van der Waals surface area contributed by atoms with Crippen LogP contribution >= 0.6 is 0 Å². The third-order valence-electron chi connectivity index (χ3n) is 3.19. The Balaban J connectivity index is 1.84.